The van der Waals surface area contributed by atoms with Gasteiger partial charge in [-0.05, 0) is 77.2 Å². The summed E-state index contributed by atoms with van der Waals surface area (Å²) in [6.45, 7) is 4.96. The Morgan fingerprint density at radius 3 is 1.41 bits per heavy atom. The van der Waals surface area contributed by atoms with E-state index in [2.05, 4.69) is 31.3 Å². The number of nitrogens with two attached hydrogens (primary N) is 1. The van der Waals surface area contributed by atoms with Gasteiger partial charge in [0.2, 0.25) is 5.91 Å². The Morgan fingerprint density at radius 1 is 0.519 bits per heavy atom. The molecule has 0 aliphatic rings. The van der Waals surface area contributed by atoms with Crippen molar-refractivity contribution in [3.05, 3.63) is 12.2 Å². The second-order valence-corrected chi connectivity index (χ2v) is 16.2. The molecule has 0 aromatic heterocycles. The van der Waals surface area contributed by atoms with Crippen LogP contribution in [0.4, 0.5) is 0 Å². The molecule has 7 nitrogen and oxygen atoms in total. The molecule has 2 unspecified atom stereocenters. The third-order valence-electron chi connectivity index (χ3n) is 10.8. The molecule has 54 heavy (non-hydrogen) atoms. The summed E-state index contributed by atoms with van der Waals surface area (Å²) < 4.78 is 6.05. The van der Waals surface area contributed by atoms with Crippen molar-refractivity contribution in [2.75, 3.05) is 6.54 Å². The van der Waals surface area contributed by atoms with Crippen LogP contribution >= 0.6 is 0 Å². The minimum atomic E-state index is -1.00. The highest BCUT2D eigenvalue weighted by atomic mass is 16.5. The lowest BCUT2D eigenvalue weighted by Gasteiger charge is -2.18. The Hall–Kier alpha value is -1.89. The monoisotopic (exact) mass is 763 g/mol. The molecule has 0 aromatic rings. The van der Waals surface area contributed by atoms with Gasteiger partial charge in [-0.1, -0.05) is 180 Å². The van der Waals surface area contributed by atoms with Crippen molar-refractivity contribution in [2.45, 2.75) is 264 Å². The van der Waals surface area contributed by atoms with Crippen molar-refractivity contribution in [2.24, 2.45) is 5.73 Å². The first-order valence-corrected chi connectivity index (χ1v) is 23.5. The topological polar surface area (TPSA) is 119 Å². The number of carbonyl (C=O) groups excluding carboxylic acids is 2. The minimum absolute atomic E-state index is 0.0119. The number of unbranched alkanes of at least 4 members (excludes halogenated alkanes) is 27. The van der Waals surface area contributed by atoms with Crippen molar-refractivity contribution in [1.82, 2.24) is 5.32 Å². The van der Waals surface area contributed by atoms with Gasteiger partial charge in [0.15, 0.2) is 0 Å². The number of ether oxygens (including phenoxy) is 1. The molecule has 1 amide bonds. The van der Waals surface area contributed by atoms with Gasteiger partial charge in [-0.3, -0.25) is 9.59 Å². The van der Waals surface area contributed by atoms with Crippen LogP contribution in [-0.2, 0) is 19.1 Å². The second kappa shape index (κ2) is 42.3. The summed E-state index contributed by atoms with van der Waals surface area (Å²) in [5.74, 6) is -1.24. The van der Waals surface area contributed by atoms with E-state index in [-0.39, 0.29) is 18.0 Å². The number of amides is 1. The maximum Gasteiger partial charge on any atom is 0.326 e. The summed E-state index contributed by atoms with van der Waals surface area (Å²) >= 11 is 0. The van der Waals surface area contributed by atoms with Crippen LogP contribution in [0.2, 0.25) is 0 Å². The maximum atomic E-state index is 12.8. The van der Waals surface area contributed by atoms with E-state index in [1.54, 1.807) is 0 Å². The number of rotatable bonds is 43. The van der Waals surface area contributed by atoms with Crippen LogP contribution in [0.5, 0.6) is 0 Å². The van der Waals surface area contributed by atoms with E-state index in [1.807, 2.05) is 0 Å². The number of carboxylic acids is 1. The third kappa shape index (κ3) is 38.4. The number of esters is 1. The Labute approximate surface area is 334 Å². The van der Waals surface area contributed by atoms with Crippen LogP contribution < -0.4 is 11.1 Å². The summed E-state index contributed by atoms with van der Waals surface area (Å²) in [6, 6.07) is -0.856. The highest BCUT2D eigenvalue weighted by Gasteiger charge is 2.19. The molecule has 0 aromatic carbocycles. The summed E-state index contributed by atoms with van der Waals surface area (Å²) in [5.41, 5.74) is 5.49. The summed E-state index contributed by atoms with van der Waals surface area (Å²) in [6.07, 6.45) is 46.9. The number of nitrogens with one attached hydrogen (secondary N) is 1. The lowest BCUT2D eigenvalue weighted by atomic mass is 10.0. The van der Waals surface area contributed by atoms with Crippen molar-refractivity contribution in [3.8, 4) is 0 Å². The van der Waals surface area contributed by atoms with Crippen LogP contribution in [0.3, 0.4) is 0 Å². The van der Waals surface area contributed by atoms with E-state index in [0.29, 0.717) is 32.2 Å². The minimum Gasteiger partial charge on any atom is -0.480 e. The number of aliphatic carboxylic acids is 1. The van der Waals surface area contributed by atoms with Crippen molar-refractivity contribution < 1.29 is 24.2 Å². The van der Waals surface area contributed by atoms with Crippen LogP contribution in [0, 0.1) is 0 Å². The molecule has 7 heteroatoms. The Bertz CT molecular complexity index is 863. The van der Waals surface area contributed by atoms with Crippen molar-refractivity contribution in [1.29, 1.82) is 0 Å². The SMILES string of the molecule is CCCCCCCCCC/C=C\CCCC(CCCCCCCC(=O)NC(CCCN)C(=O)O)OC(=O)CCCCCCCCCCCCCCCCC. The Morgan fingerprint density at radius 2 is 0.926 bits per heavy atom. The van der Waals surface area contributed by atoms with Gasteiger partial charge in [0, 0.05) is 12.8 Å². The summed E-state index contributed by atoms with van der Waals surface area (Å²) in [7, 11) is 0. The molecule has 0 aliphatic heterocycles. The molecule has 0 aliphatic carbocycles. The van der Waals surface area contributed by atoms with E-state index in [9.17, 15) is 19.5 Å². The van der Waals surface area contributed by atoms with Gasteiger partial charge in [0.25, 0.3) is 0 Å². The van der Waals surface area contributed by atoms with Crippen LogP contribution in [0.15, 0.2) is 12.2 Å². The molecular formula is C47H90N2O5. The highest BCUT2D eigenvalue weighted by Crippen LogP contribution is 2.18. The fourth-order valence-electron chi connectivity index (χ4n) is 7.28. The molecule has 4 N–H and O–H groups in total. The number of allylic oxidation sites excluding steroid dienone is 2. The maximum absolute atomic E-state index is 12.8. The molecule has 0 rings (SSSR count). The van der Waals surface area contributed by atoms with E-state index >= 15 is 0 Å². The van der Waals surface area contributed by atoms with Crippen molar-refractivity contribution in [3.63, 3.8) is 0 Å². The van der Waals surface area contributed by atoms with Gasteiger partial charge in [-0.15, -0.1) is 0 Å². The van der Waals surface area contributed by atoms with E-state index in [4.69, 9.17) is 10.5 Å². The van der Waals surface area contributed by atoms with Crippen molar-refractivity contribution >= 4 is 17.8 Å². The fraction of sp³-hybridized carbons (Fsp3) is 0.894. The lowest BCUT2D eigenvalue weighted by Crippen LogP contribution is -2.40. The zero-order valence-electron chi connectivity index (χ0n) is 35.8. The number of hydrogen-bond acceptors (Lipinski definition) is 5. The average Bonchev–Trinajstić information content (AvgIpc) is 3.16. The molecule has 2 atom stereocenters. The zero-order chi connectivity index (χ0) is 39.6. The van der Waals surface area contributed by atoms with E-state index in [0.717, 1.165) is 70.6 Å². The summed E-state index contributed by atoms with van der Waals surface area (Å²) in [4.78, 5) is 36.4. The first kappa shape index (κ1) is 52.1. The zero-order valence-corrected chi connectivity index (χ0v) is 35.8. The van der Waals surface area contributed by atoms with Gasteiger partial charge in [-0.25, -0.2) is 4.79 Å². The number of carbonyl (C=O) groups is 3. The second-order valence-electron chi connectivity index (χ2n) is 16.2. The average molecular weight is 763 g/mol. The molecule has 0 fully saturated rings. The number of hydrogen-bond donors (Lipinski definition) is 3. The molecule has 318 valence electrons. The van der Waals surface area contributed by atoms with Gasteiger partial charge in [0.1, 0.15) is 12.1 Å². The third-order valence-corrected chi connectivity index (χ3v) is 10.8. The van der Waals surface area contributed by atoms with Crippen LogP contribution in [-0.4, -0.2) is 41.6 Å². The first-order chi connectivity index (χ1) is 26.4. The van der Waals surface area contributed by atoms with Crippen LogP contribution in [0.1, 0.15) is 251 Å². The molecule has 0 bridgehead atoms. The van der Waals surface area contributed by atoms with Gasteiger partial charge < -0.3 is 20.9 Å². The largest absolute Gasteiger partial charge is 0.480 e. The van der Waals surface area contributed by atoms with Gasteiger partial charge in [-0.2, -0.15) is 0 Å². The van der Waals surface area contributed by atoms with Gasteiger partial charge >= 0.3 is 11.9 Å². The predicted octanol–water partition coefficient (Wildman–Crippen LogP) is 13.5. The molecule has 0 saturated heterocycles. The first-order valence-electron chi connectivity index (χ1n) is 23.5. The standard InChI is InChI=1S/C47H90N2O5/c1-3-5-7-9-11-13-15-17-18-20-22-24-26-31-35-41-46(51)54-43(37-32-28-25-23-21-19-16-14-12-10-8-6-4-2)38-33-29-27-30-34-40-45(50)49-44(47(52)53)39-36-42-48/h23,25,43-44H,3-22,24,26-42,48H2,1-2H3,(H,49,50)(H,52,53)/b25-23-. The quantitative estimate of drug-likeness (QED) is 0.0323. The molecule has 0 saturated carbocycles. The van der Waals surface area contributed by atoms with E-state index < -0.39 is 12.0 Å². The molecule has 0 heterocycles. The van der Waals surface area contributed by atoms with Crippen LogP contribution in [0.25, 0.3) is 0 Å². The Kier molecular flexibility index (Phi) is 40.8. The lowest BCUT2D eigenvalue weighted by molar-refractivity contribution is -0.150. The Balaban J connectivity index is 4.31. The van der Waals surface area contributed by atoms with Gasteiger partial charge in [0.05, 0.1) is 0 Å². The molecule has 0 spiro atoms. The highest BCUT2D eigenvalue weighted by molar-refractivity contribution is 5.83. The fourth-order valence-corrected chi connectivity index (χ4v) is 7.28. The predicted molar refractivity (Wildman–Crippen MR) is 230 cm³/mol. The van der Waals surface area contributed by atoms with E-state index in [1.165, 1.54) is 141 Å². The smallest absolute Gasteiger partial charge is 0.326 e. The summed E-state index contributed by atoms with van der Waals surface area (Å²) in [5, 5.41) is 11.9. The number of carboxylic acid groups (broad SMARTS) is 1. The normalized spacial score (nSPS) is 12.6. The molecular weight excluding hydrogens is 673 g/mol. The molecule has 0 radical (unpaired) electrons.